The van der Waals surface area contributed by atoms with Crippen molar-refractivity contribution in [1.82, 2.24) is 15.0 Å². The second-order valence-electron chi connectivity index (χ2n) is 2.89. The predicted molar refractivity (Wildman–Crippen MR) is 55.0 cm³/mol. The molecule has 1 aromatic carbocycles. The summed E-state index contributed by atoms with van der Waals surface area (Å²) < 4.78 is 0. The van der Waals surface area contributed by atoms with Gasteiger partial charge in [0.05, 0.1) is 12.7 Å². The number of hydrogen-bond acceptors (Lipinski definition) is 3. The Bertz CT molecular complexity index is 438. The van der Waals surface area contributed by atoms with Crippen LogP contribution in [0.2, 0.25) is 5.02 Å². The van der Waals surface area contributed by atoms with E-state index >= 15 is 0 Å². The zero-order valence-electron chi connectivity index (χ0n) is 7.39. The third kappa shape index (κ3) is 1.85. The predicted octanol–water partition coefficient (Wildman–Crippen LogP) is 1.56. The largest absolute Gasteiger partial charge is 0.381 e. The Morgan fingerprint density at radius 3 is 2.79 bits per heavy atom. The number of hydrogen-bond donors (Lipinski definition) is 1. The van der Waals surface area contributed by atoms with Crippen LogP contribution in [0.15, 0.2) is 30.5 Å². The van der Waals surface area contributed by atoms with Crippen molar-refractivity contribution in [3.63, 3.8) is 0 Å². The van der Waals surface area contributed by atoms with E-state index in [9.17, 15) is 0 Å². The number of anilines is 1. The van der Waals surface area contributed by atoms with Crippen LogP contribution in [-0.2, 0) is 6.54 Å². The monoisotopic (exact) mass is 208 g/mol. The molecule has 0 aliphatic heterocycles. The number of nitrogens with two attached hydrogens (primary N) is 1. The van der Waals surface area contributed by atoms with E-state index in [1.165, 1.54) is 11.0 Å². The van der Waals surface area contributed by atoms with Crippen LogP contribution in [0.3, 0.4) is 0 Å². The molecule has 0 aliphatic carbocycles. The summed E-state index contributed by atoms with van der Waals surface area (Å²) in [5.41, 5.74) is 6.42. The molecule has 2 rings (SSSR count). The van der Waals surface area contributed by atoms with Crippen molar-refractivity contribution < 1.29 is 0 Å². The fraction of sp³-hybridized carbons (Fsp3) is 0.111. The van der Waals surface area contributed by atoms with E-state index in [0.717, 1.165) is 5.56 Å². The minimum Gasteiger partial charge on any atom is -0.381 e. The van der Waals surface area contributed by atoms with Crippen molar-refractivity contribution in [3.05, 3.63) is 41.0 Å². The fourth-order valence-electron chi connectivity index (χ4n) is 1.17. The first-order valence-corrected chi connectivity index (χ1v) is 4.52. The van der Waals surface area contributed by atoms with Gasteiger partial charge in [-0.05, 0) is 11.6 Å². The lowest BCUT2D eigenvalue weighted by molar-refractivity contribution is 0.593. The highest BCUT2D eigenvalue weighted by Gasteiger charge is 2.01. The van der Waals surface area contributed by atoms with Gasteiger partial charge in [-0.2, -0.15) is 9.90 Å². The van der Waals surface area contributed by atoms with Crippen LogP contribution < -0.4 is 5.73 Å². The number of nitrogens with zero attached hydrogens (tertiary/aromatic N) is 3. The number of halogens is 1. The molecular weight excluding hydrogens is 200 g/mol. The molecule has 2 N–H and O–H groups in total. The molecule has 0 saturated carbocycles. The van der Waals surface area contributed by atoms with Gasteiger partial charge in [-0.25, -0.2) is 0 Å². The van der Waals surface area contributed by atoms with Crippen molar-refractivity contribution in [2.75, 3.05) is 5.73 Å². The summed E-state index contributed by atoms with van der Waals surface area (Å²) in [6.45, 7) is 0.539. The Labute approximate surface area is 86.3 Å². The number of rotatable bonds is 2. The SMILES string of the molecule is Nc1cnn(Cc2ccccc2Cl)n1. The summed E-state index contributed by atoms with van der Waals surface area (Å²) in [7, 11) is 0. The number of aromatic nitrogens is 3. The molecule has 0 bridgehead atoms. The molecule has 0 fully saturated rings. The van der Waals surface area contributed by atoms with E-state index < -0.39 is 0 Å². The van der Waals surface area contributed by atoms with E-state index in [-0.39, 0.29) is 0 Å². The standard InChI is InChI=1S/C9H9ClN4/c10-8-4-2-1-3-7(8)6-14-12-5-9(11)13-14/h1-5H,6H2,(H2,11,13). The summed E-state index contributed by atoms with van der Waals surface area (Å²) in [6, 6.07) is 7.58. The zero-order valence-corrected chi connectivity index (χ0v) is 8.15. The third-order valence-electron chi connectivity index (χ3n) is 1.82. The summed E-state index contributed by atoms with van der Waals surface area (Å²) >= 11 is 5.98. The molecule has 0 unspecified atom stereocenters. The van der Waals surface area contributed by atoms with Crippen LogP contribution in [0.5, 0.6) is 0 Å². The summed E-state index contributed by atoms with van der Waals surface area (Å²) in [4.78, 5) is 1.51. The van der Waals surface area contributed by atoms with E-state index in [1.54, 1.807) is 0 Å². The Hall–Kier alpha value is -1.55. The third-order valence-corrected chi connectivity index (χ3v) is 2.19. The van der Waals surface area contributed by atoms with E-state index in [4.69, 9.17) is 17.3 Å². The van der Waals surface area contributed by atoms with Crippen LogP contribution in [0.1, 0.15) is 5.56 Å². The molecule has 0 amide bonds. The highest BCUT2D eigenvalue weighted by Crippen LogP contribution is 2.15. The number of benzene rings is 1. The Kier molecular flexibility index (Phi) is 2.37. The fourth-order valence-corrected chi connectivity index (χ4v) is 1.36. The Morgan fingerprint density at radius 2 is 2.14 bits per heavy atom. The minimum atomic E-state index is 0.414. The second-order valence-corrected chi connectivity index (χ2v) is 3.30. The lowest BCUT2D eigenvalue weighted by atomic mass is 10.2. The van der Waals surface area contributed by atoms with E-state index in [2.05, 4.69) is 10.2 Å². The normalized spacial score (nSPS) is 10.4. The topological polar surface area (TPSA) is 56.7 Å². The molecule has 1 heterocycles. The summed E-state index contributed by atoms with van der Waals surface area (Å²) in [6.07, 6.45) is 1.51. The van der Waals surface area contributed by atoms with Gasteiger partial charge in [-0.3, -0.25) is 0 Å². The average molecular weight is 209 g/mol. The maximum Gasteiger partial charge on any atom is 0.165 e. The Balaban J connectivity index is 2.23. The summed E-state index contributed by atoms with van der Waals surface area (Å²) in [5.74, 6) is 0.414. The lowest BCUT2D eigenvalue weighted by Crippen LogP contribution is -2.04. The first-order chi connectivity index (χ1) is 6.75. The quantitative estimate of drug-likeness (QED) is 0.815. The maximum atomic E-state index is 5.98. The van der Waals surface area contributed by atoms with Gasteiger partial charge in [-0.1, -0.05) is 29.8 Å². The molecule has 0 aliphatic rings. The van der Waals surface area contributed by atoms with Gasteiger partial charge in [0.25, 0.3) is 0 Å². The molecule has 72 valence electrons. The van der Waals surface area contributed by atoms with Crippen LogP contribution in [0.4, 0.5) is 5.82 Å². The van der Waals surface area contributed by atoms with Crippen molar-refractivity contribution in [2.24, 2.45) is 0 Å². The molecule has 0 spiro atoms. The summed E-state index contributed by atoms with van der Waals surface area (Å²) in [5, 5.41) is 8.66. The van der Waals surface area contributed by atoms with E-state index in [0.29, 0.717) is 17.4 Å². The second kappa shape index (κ2) is 3.67. The van der Waals surface area contributed by atoms with Gasteiger partial charge < -0.3 is 5.73 Å². The molecule has 5 heteroatoms. The first kappa shape index (κ1) is 9.02. The van der Waals surface area contributed by atoms with Crippen molar-refractivity contribution in [1.29, 1.82) is 0 Å². The van der Waals surface area contributed by atoms with Gasteiger partial charge in [-0.15, -0.1) is 5.10 Å². The minimum absolute atomic E-state index is 0.414. The zero-order chi connectivity index (χ0) is 9.97. The highest BCUT2D eigenvalue weighted by atomic mass is 35.5. The van der Waals surface area contributed by atoms with Crippen LogP contribution in [-0.4, -0.2) is 15.0 Å². The molecular formula is C9H9ClN4. The van der Waals surface area contributed by atoms with Crippen molar-refractivity contribution >= 4 is 17.4 Å². The average Bonchev–Trinajstić information content (AvgIpc) is 2.56. The Morgan fingerprint density at radius 1 is 1.36 bits per heavy atom. The molecule has 0 atom stereocenters. The van der Waals surface area contributed by atoms with Crippen LogP contribution in [0, 0.1) is 0 Å². The first-order valence-electron chi connectivity index (χ1n) is 4.15. The van der Waals surface area contributed by atoms with E-state index in [1.807, 2.05) is 24.3 Å². The van der Waals surface area contributed by atoms with Gasteiger partial charge >= 0.3 is 0 Å². The highest BCUT2D eigenvalue weighted by molar-refractivity contribution is 6.31. The van der Waals surface area contributed by atoms with Crippen molar-refractivity contribution in [3.8, 4) is 0 Å². The molecule has 1 aromatic heterocycles. The molecule has 0 saturated heterocycles. The molecule has 4 nitrogen and oxygen atoms in total. The van der Waals surface area contributed by atoms with Gasteiger partial charge in [0, 0.05) is 5.02 Å². The van der Waals surface area contributed by atoms with Gasteiger partial charge in [0.2, 0.25) is 0 Å². The van der Waals surface area contributed by atoms with Gasteiger partial charge in [0.15, 0.2) is 5.82 Å². The lowest BCUT2D eigenvalue weighted by Gasteiger charge is -2.01. The van der Waals surface area contributed by atoms with Crippen LogP contribution in [0.25, 0.3) is 0 Å². The molecule has 14 heavy (non-hydrogen) atoms. The smallest absolute Gasteiger partial charge is 0.165 e. The number of nitrogen functional groups attached to an aromatic ring is 1. The maximum absolute atomic E-state index is 5.98. The molecule has 2 aromatic rings. The van der Waals surface area contributed by atoms with Crippen molar-refractivity contribution in [2.45, 2.75) is 6.54 Å². The van der Waals surface area contributed by atoms with Crippen LogP contribution >= 0.6 is 11.6 Å². The molecule has 0 radical (unpaired) electrons. The van der Waals surface area contributed by atoms with Gasteiger partial charge in [0.1, 0.15) is 0 Å².